The minimum Gasteiger partial charge on any atom is -0.503 e. The molecule has 2 aromatic carbocycles. The summed E-state index contributed by atoms with van der Waals surface area (Å²) in [5.74, 6) is 0.298. The molecule has 0 aliphatic heterocycles. The number of hydrogen-bond donors (Lipinski definition) is 0. The van der Waals surface area contributed by atoms with Crippen LogP contribution in [0.1, 0.15) is 25.0 Å². The van der Waals surface area contributed by atoms with E-state index in [2.05, 4.69) is 41.3 Å². The van der Waals surface area contributed by atoms with Crippen molar-refractivity contribution in [1.82, 2.24) is 0 Å². The zero-order valence-electron chi connectivity index (χ0n) is 18.7. The Hall–Kier alpha value is -3.47. The highest BCUT2D eigenvalue weighted by Crippen LogP contribution is 2.24. The number of benzene rings is 2. The maximum atomic E-state index is 12.2. The maximum absolute atomic E-state index is 12.2. The van der Waals surface area contributed by atoms with E-state index in [1.165, 1.54) is 20.5 Å². The van der Waals surface area contributed by atoms with E-state index < -0.39 is 5.97 Å². The van der Waals surface area contributed by atoms with Crippen LogP contribution in [0.25, 0.3) is 5.57 Å². The van der Waals surface area contributed by atoms with Gasteiger partial charge in [-0.2, -0.15) is 0 Å². The zero-order chi connectivity index (χ0) is 22.5. The van der Waals surface area contributed by atoms with Gasteiger partial charge in [-0.25, -0.2) is 4.79 Å². The van der Waals surface area contributed by atoms with E-state index in [0.29, 0.717) is 12.2 Å². The van der Waals surface area contributed by atoms with Crippen LogP contribution >= 0.6 is 0 Å². The molecular formula is C26H31NO4. The Morgan fingerprint density at radius 2 is 1.58 bits per heavy atom. The van der Waals surface area contributed by atoms with E-state index in [0.717, 1.165) is 35.7 Å². The monoisotopic (exact) mass is 421 g/mol. The van der Waals surface area contributed by atoms with Crippen molar-refractivity contribution in [3.05, 3.63) is 90.2 Å². The van der Waals surface area contributed by atoms with Crippen molar-refractivity contribution in [2.75, 3.05) is 32.2 Å². The summed E-state index contributed by atoms with van der Waals surface area (Å²) in [5, 5.41) is 0. The number of esters is 1. The van der Waals surface area contributed by atoms with E-state index in [9.17, 15) is 4.79 Å². The van der Waals surface area contributed by atoms with Crippen molar-refractivity contribution in [3.8, 4) is 5.75 Å². The van der Waals surface area contributed by atoms with Gasteiger partial charge in [-0.05, 0) is 49.2 Å². The Morgan fingerprint density at radius 1 is 0.935 bits per heavy atom. The summed E-state index contributed by atoms with van der Waals surface area (Å²) >= 11 is 0. The predicted molar refractivity (Wildman–Crippen MR) is 126 cm³/mol. The van der Waals surface area contributed by atoms with Gasteiger partial charge in [0.05, 0.1) is 20.5 Å². The number of allylic oxidation sites excluding steroid dienone is 2. The zero-order valence-corrected chi connectivity index (χ0v) is 18.7. The number of nitrogens with zero attached hydrogens (tertiary/aromatic N) is 1. The highest BCUT2D eigenvalue weighted by Gasteiger charge is 2.17. The van der Waals surface area contributed by atoms with Gasteiger partial charge in [-0.15, -0.1) is 0 Å². The van der Waals surface area contributed by atoms with Gasteiger partial charge in [0.25, 0.3) is 0 Å². The third-order valence-electron chi connectivity index (χ3n) is 4.67. The molecule has 0 spiro atoms. The lowest BCUT2D eigenvalue weighted by molar-refractivity contribution is -0.133. The van der Waals surface area contributed by atoms with Crippen LogP contribution in [-0.4, -0.2) is 33.3 Å². The molecule has 2 rings (SSSR count). The third-order valence-corrected chi connectivity index (χ3v) is 4.67. The summed E-state index contributed by atoms with van der Waals surface area (Å²) in [6, 6.07) is 15.6. The van der Waals surface area contributed by atoms with E-state index in [1.54, 1.807) is 0 Å². The first-order valence-corrected chi connectivity index (χ1v) is 10.2. The summed E-state index contributed by atoms with van der Waals surface area (Å²) in [7, 11) is 2.85. The number of methoxy groups -OCH3 is 2. The summed E-state index contributed by atoms with van der Waals surface area (Å²) in [6.07, 6.45) is 9.77. The topological polar surface area (TPSA) is 48.0 Å². The molecule has 0 aliphatic rings. The molecule has 0 bridgehead atoms. The molecular weight excluding hydrogens is 390 g/mol. The lowest BCUT2D eigenvalue weighted by atomic mass is 10.0. The minimum absolute atomic E-state index is 0.314. The van der Waals surface area contributed by atoms with Gasteiger partial charge in [-0.1, -0.05) is 48.6 Å². The molecule has 0 saturated heterocycles. The molecule has 2 aromatic rings. The van der Waals surface area contributed by atoms with E-state index in [4.69, 9.17) is 14.2 Å². The van der Waals surface area contributed by atoms with Crippen molar-refractivity contribution in [2.45, 2.75) is 20.5 Å². The highest BCUT2D eigenvalue weighted by atomic mass is 16.5. The van der Waals surface area contributed by atoms with Crippen LogP contribution in [0.5, 0.6) is 5.75 Å². The molecule has 0 saturated carbocycles. The Morgan fingerprint density at radius 3 is 2.16 bits per heavy atom. The molecule has 164 valence electrons. The van der Waals surface area contributed by atoms with E-state index in [-0.39, 0.29) is 0 Å². The highest BCUT2D eigenvalue weighted by molar-refractivity contribution is 6.16. The van der Waals surface area contributed by atoms with Crippen molar-refractivity contribution < 1.29 is 19.0 Å². The molecule has 0 aliphatic carbocycles. The fourth-order valence-corrected chi connectivity index (χ4v) is 3.02. The quantitative estimate of drug-likeness (QED) is 0.211. The largest absolute Gasteiger partial charge is 0.503 e. The first-order valence-electron chi connectivity index (χ1n) is 10.2. The lowest BCUT2D eigenvalue weighted by Gasteiger charge is -2.22. The normalized spacial score (nSPS) is 11.7. The standard InChI is InChI=1S/C26H31NO4/c1-5-7-17-27(18-8-6-2)22-13-15-23(16-14-22)31-19-21-11-9-10-12-24(21)25(20-29-3)26(28)30-4/h5-16,20H,17-19H2,1-4H3/b7-5+,8-6+,25-20+. The summed E-state index contributed by atoms with van der Waals surface area (Å²) in [6.45, 7) is 6.05. The maximum Gasteiger partial charge on any atom is 0.341 e. The fourth-order valence-electron chi connectivity index (χ4n) is 3.02. The van der Waals surface area contributed by atoms with Crippen LogP contribution in [0.15, 0.2) is 79.1 Å². The molecule has 0 aromatic heterocycles. The number of ether oxygens (including phenoxy) is 3. The molecule has 0 atom stereocenters. The van der Waals surface area contributed by atoms with Gasteiger partial charge in [0.1, 0.15) is 17.9 Å². The SMILES string of the molecule is C/C=C/CN(C/C=C/C)c1ccc(OCc2ccccc2/C(=C\OC)C(=O)OC)cc1. The first-order chi connectivity index (χ1) is 15.1. The number of anilines is 1. The van der Waals surface area contributed by atoms with Gasteiger partial charge in [-0.3, -0.25) is 0 Å². The van der Waals surface area contributed by atoms with Crippen molar-refractivity contribution in [2.24, 2.45) is 0 Å². The average molecular weight is 422 g/mol. The number of carbonyl (C=O) groups excluding carboxylic acids is 1. The molecule has 0 amide bonds. The molecule has 31 heavy (non-hydrogen) atoms. The number of rotatable bonds is 11. The van der Waals surface area contributed by atoms with E-state index >= 15 is 0 Å². The van der Waals surface area contributed by atoms with Gasteiger partial charge in [0, 0.05) is 18.8 Å². The Balaban J connectivity index is 2.15. The first kappa shape index (κ1) is 23.8. The lowest BCUT2D eigenvalue weighted by Crippen LogP contribution is -2.23. The Labute approximate surface area is 185 Å². The van der Waals surface area contributed by atoms with E-state index in [1.807, 2.05) is 50.2 Å². The van der Waals surface area contributed by atoms with Gasteiger partial charge < -0.3 is 19.1 Å². The average Bonchev–Trinajstić information content (AvgIpc) is 2.81. The Kier molecular flexibility index (Phi) is 9.95. The fraction of sp³-hybridized carbons (Fsp3) is 0.269. The summed E-state index contributed by atoms with van der Waals surface area (Å²) in [5.41, 5.74) is 3.06. The molecule has 5 heteroatoms. The van der Waals surface area contributed by atoms with Crippen LogP contribution in [0.4, 0.5) is 5.69 Å². The minimum atomic E-state index is -0.457. The second kappa shape index (κ2) is 13.0. The second-order valence-electron chi connectivity index (χ2n) is 6.74. The predicted octanol–water partition coefficient (Wildman–Crippen LogP) is 5.38. The van der Waals surface area contributed by atoms with Crippen molar-refractivity contribution in [1.29, 1.82) is 0 Å². The molecule has 0 unspecified atom stereocenters. The summed E-state index contributed by atoms with van der Waals surface area (Å²) in [4.78, 5) is 14.4. The van der Waals surface area contributed by atoms with Crippen LogP contribution in [0.3, 0.4) is 0 Å². The van der Waals surface area contributed by atoms with Crippen molar-refractivity contribution in [3.63, 3.8) is 0 Å². The Bertz CT molecular complexity index is 899. The number of carbonyl (C=O) groups is 1. The van der Waals surface area contributed by atoms with Crippen LogP contribution < -0.4 is 9.64 Å². The molecule has 0 heterocycles. The second-order valence-corrected chi connectivity index (χ2v) is 6.74. The van der Waals surface area contributed by atoms with Crippen molar-refractivity contribution >= 4 is 17.2 Å². The number of hydrogen-bond acceptors (Lipinski definition) is 5. The van der Waals surface area contributed by atoms with Gasteiger partial charge in [0.15, 0.2) is 0 Å². The molecule has 0 fully saturated rings. The third kappa shape index (κ3) is 7.07. The van der Waals surface area contributed by atoms with Gasteiger partial charge >= 0.3 is 5.97 Å². The van der Waals surface area contributed by atoms with Crippen LogP contribution in [0, 0.1) is 0 Å². The van der Waals surface area contributed by atoms with Crippen LogP contribution in [0.2, 0.25) is 0 Å². The van der Waals surface area contributed by atoms with Gasteiger partial charge in [0.2, 0.25) is 0 Å². The smallest absolute Gasteiger partial charge is 0.341 e. The van der Waals surface area contributed by atoms with Crippen LogP contribution in [-0.2, 0) is 20.9 Å². The molecule has 5 nitrogen and oxygen atoms in total. The molecule has 0 radical (unpaired) electrons. The molecule has 0 N–H and O–H groups in total. The summed E-state index contributed by atoms with van der Waals surface area (Å²) < 4.78 is 16.0.